The SMILES string of the molecule is O=C(Nc1ccc(Oc2ccc(F)cc2)cc1)C1CC(Cc2ccccc2)CN1C(=O)Cc1c[nH]c2ccccc12. The van der Waals surface area contributed by atoms with Gasteiger partial charge in [0.1, 0.15) is 23.4 Å². The molecule has 6 rings (SSSR count). The van der Waals surface area contributed by atoms with Crippen LogP contribution < -0.4 is 10.1 Å². The van der Waals surface area contributed by atoms with Gasteiger partial charge in [0.25, 0.3) is 0 Å². The molecule has 0 spiro atoms. The number of aromatic nitrogens is 1. The van der Waals surface area contributed by atoms with Crippen LogP contribution in [0.15, 0.2) is 109 Å². The molecule has 2 unspecified atom stereocenters. The third-order valence-electron chi connectivity index (χ3n) is 7.57. The van der Waals surface area contributed by atoms with Gasteiger partial charge in [0.2, 0.25) is 11.8 Å². The number of anilines is 1. The lowest BCUT2D eigenvalue weighted by Crippen LogP contribution is -2.43. The number of ether oxygens (including phenoxy) is 1. The minimum absolute atomic E-state index is 0.0616. The van der Waals surface area contributed by atoms with Crippen LogP contribution in [-0.4, -0.2) is 34.3 Å². The number of nitrogens with one attached hydrogen (secondary N) is 2. The van der Waals surface area contributed by atoms with E-state index in [9.17, 15) is 14.0 Å². The quantitative estimate of drug-likeness (QED) is 0.226. The molecular formula is C34H30FN3O3. The highest BCUT2D eigenvalue weighted by molar-refractivity contribution is 5.98. The number of hydrogen-bond donors (Lipinski definition) is 2. The summed E-state index contributed by atoms with van der Waals surface area (Å²) in [6.45, 7) is 0.526. The van der Waals surface area contributed by atoms with Crippen LogP contribution in [0, 0.1) is 11.7 Å². The van der Waals surface area contributed by atoms with Gasteiger partial charge in [-0.25, -0.2) is 4.39 Å². The Bertz CT molecular complexity index is 1650. The fourth-order valence-corrected chi connectivity index (χ4v) is 5.56. The molecule has 2 N–H and O–H groups in total. The molecule has 0 saturated carbocycles. The van der Waals surface area contributed by atoms with E-state index in [2.05, 4.69) is 22.4 Å². The van der Waals surface area contributed by atoms with Crippen molar-refractivity contribution in [2.75, 3.05) is 11.9 Å². The van der Waals surface area contributed by atoms with Crippen molar-refractivity contribution in [1.29, 1.82) is 0 Å². The molecular weight excluding hydrogens is 517 g/mol. The molecule has 1 aliphatic rings. The lowest BCUT2D eigenvalue weighted by atomic mass is 9.96. The summed E-state index contributed by atoms with van der Waals surface area (Å²) >= 11 is 0. The summed E-state index contributed by atoms with van der Waals surface area (Å²) in [7, 11) is 0. The number of benzene rings is 4. The number of rotatable bonds is 8. The van der Waals surface area contributed by atoms with Crippen LogP contribution in [0.1, 0.15) is 17.5 Å². The van der Waals surface area contributed by atoms with Crippen molar-refractivity contribution in [2.45, 2.75) is 25.3 Å². The first-order valence-electron chi connectivity index (χ1n) is 13.7. The van der Waals surface area contributed by atoms with Crippen LogP contribution in [0.5, 0.6) is 11.5 Å². The van der Waals surface area contributed by atoms with Crippen molar-refractivity contribution in [3.63, 3.8) is 0 Å². The Morgan fingerprint density at radius 3 is 2.32 bits per heavy atom. The molecule has 2 amide bonds. The number of halogens is 1. The van der Waals surface area contributed by atoms with Crippen molar-refractivity contribution in [2.24, 2.45) is 5.92 Å². The molecule has 4 aromatic carbocycles. The first-order chi connectivity index (χ1) is 20.0. The molecule has 206 valence electrons. The zero-order valence-electron chi connectivity index (χ0n) is 22.4. The van der Waals surface area contributed by atoms with E-state index >= 15 is 0 Å². The van der Waals surface area contributed by atoms with Crippen molar-refractivity contribution >= 4 is 28.4 Å². The topological polar surface area (TPSA) is 74.4 Å². The van der Waals surface area contributed by atoms with Gasteiger partial charge in [0.15, 0.2) is 0 Å². The number of nitrogens with zero attached hydrogens (tertiary/aromatic N) is 1. The molecule has 0 aliphatic carbocycles. The number of likely N-dealkylation sites (tertiary alicyclic amines) is 1. The van der Waals surface area contributed by atoms with Crippen LogP contribution in [0.3, 0.4) is 0 Å². The molecule has 5 aromatic rings. The number of carbonyl (C=O) groups excluding carboxylic acids is 2. The zero-order valence-corrected chi connectivity index (χ0v) is 22.4. The monoisotopic (exact) mass is 547 g/mol. The Morgan fingerprint density at radius 2 is 1.56 bits per heavy atom. The van der Waals surface area contributed by atoms with Gasteiger partial charge < -0.3 is 19.9 Å². The van der Waals surface area contributed by atoms with Gasteiger partial charge in [-0.1, -0.05) is 48.5 Å². The summed E-state index contributed by atoms with van der Waals surface area (Å²) in [5.74, 6) is 0.652. The molecule has 1 fully saturated rings. The second kappa shape index (κ2) is 11.7. The molecule has 7 heteroatoms. The summed E-state index contributed by atoms with van der Waals surface area (Å²) < 4.78 is 18.9. The third kappa shape index (κ3) is 6.14. The Hall–Kier alpha value is -4.91. The molecule has 0 bridgehead atoms. The molecule has 41 heavy (non-hydrogen) atoms. The fraction of sp³-hybridized carbons (Fsp3) is 0.176. The van der Waals surface area contributed by atoms with E-state index in [4.69, 9.17) is 4.74 Å². The Labute approximate surface area is 237 Å². The summed E-state index contributed by atoms with van der Waals surface area (Å²) in [5, 5.41) is 4.01. The largest absolute Gasteiger partial charge is 0.457 e. The smallest absolute Gasteiger partial charge is 0.247 e. The molecule has 0 radical (unpaired) electrons. The minimum atomic E-state index is -0.573. The Kier molecular flexibility index (Phi) is 7.50. The van der Waals surface area contributed by atoms with E-state index in [0.717, 1.165) is 22.9 Å². The second-order valence-corrected chi connectivity index (χ2v) is 10.5. The minimum Gasteiger partial charge on any atom is -0.457 e. The van der Waals surface area contributed by atoms with Gasteiger partial charge in [0, 0.05) is 29.3 Å². The van der Waals surface area contributed by atoms with Gasteiger partial charge in [0.05, 0.1) is 6.42 Å². The van der Waals surface area contributed by atoms with Gasteiger partial charge in [-0.05, 0) is 84.5 Å². The van der Waals surface area contributed by atoms with E-state index in [1.807, 2.05) is 48.7 Å². The number of aromatic amines is 1. The van der Waals surface area contributed by atoms with E-state index in [1.54, 1.807) is 41.3 Å². The highest BCUT2D eigenvalue weighted by atomic mass is 19.1. The predicted molar refractivity (Wildman–Crippen MR) is 157 cm³/mol. The number of H-pyrrole nitrogens is 1. The van der Waals surface area contributed by atoms with Crippen molar-refractivity contribution < 1.29 is 18.7 Å². The zero-order chi connectivity index (χ0) is 28.2. The third-order valence-corrected chi connectivity index (χ3v) is 7.57. The summed E-state index contributed by atoms with van der Waals surface area (Å²) in [4.78, 5) is 32.2. The van der Waals surface area contributed by atoms with Crippen molar-refractivity contribution in [3.05, 3.63) is 126 Å². The van der Waals surface area contributed by atoms with Crippen LogP contribution in [0.4, 0.5) is 10.1 Å². The summed E-state index contributed by atoms with van der Waals surface area (Å²) in [5.41, 5.74) is 3.71. The molecule has 6 nitrogen and oxygen atoms in total. The van der Waals surface area contributed by atoms with E-state index in [1.165, 1.54) is 17.7 Å². The standard InChI is InChI=1S/C34H30FN3O3/c35-26-10-14-28(15-11-26)41-29-16-12-27(13-17-29)37-34(40)32-19-24(18-23-6-2-1-3-7-23)22-38(32)33(39)20-25-21-36-31-9-5-4-8-30(25)31/h1-17,21,24,32,36H,18-20,22H2,(H,37,40). The average Bonchev–Trinajstić information content (AvgIpc) is 3.60. The van der Waals surface area contributed by atoms with Crippen LogP contribution >= 0.6 is 0 Å². The maximum Gasteiger partial charge on any atom is 0.247 e. The highest BCUT2D eigenvalue weighted by Gasteiger charge is 2.39. The lowest BCUT2D eigenvalue weighted by Gasteiger charge is -2.24. The van der Waals surface area contributed by atoms with Crippen LogP contribution in [-0.2, 0) is 22.4 Å². The summed E-state index contributed by atoms with van der Waals surface area (Å²) in [6, 6.07) is 30.3. The maximum absolute atomic E-state index is 13.7. The molecule has 1 saturated heterocycles. The second-order valence-electron chi connectivity index (χ2n) is 10.5. The number of fused-ring (bicyclic) bond motifs is 1. The van der Waals surface area contributed by atoms with Crippen molar-refractivity contribution in [1.82, 2.24) is 9.88 Å². The molecule has 2 heterocycles. The maximum atomic E-state index is 13.7. The average molecular weight is 548 g/mol. The van der Waals surface area contributed by atoms with E-state index in [0.29, 0.717) is 30.2 Å². The summed E-state index contributed by atoms with van der Waals surface area (Å²) in [6.07, 6.45) is 3.50. The predicted octanol–water partition coefficient (Wildman–Crippen LogP) is 6.74. The van der Waals surface area contributed by atoms with Crippen LogP contribution in [0.25, 0.3) is 10.9 Å². The number of hydrogen-bond acceptors (Lipinski definition) is 3. The number of amides is 2. The van der Waals surface area contributed by atoms with Gasteiger partial charge in [-0.15, -0.1) is 0 Å². The fourth-order valence-electron chi connectivity index (χ4n) is 5.56. The normalized spacial score (nSPS) is 16.6. The van der Waals surface area contributed by atoms with Gasteiger partial charge in [-0.2, -0.15) is 0 Å². The number of carbonyl (C=O) groups is 2. The van der Waals surface area contributed by atoms with E-state index < -0.39 is 6.04 Å². The first kappa shape index (κ1) is 26.3. The Morgan fingerprint density at radius 1 is 0.878 bits per heavy atom. The molecule has 2 atom stereocenters. The van der Waals surface area contributed by atoms with Crippen LogP contribution in [0.2, 0.25) is 0 Å². The Balaban J connectivity index is 1.16. The lowest BCUT2D eigenvalue weighted by molar-refractivity contribution is -0.136. The highest BCUT2D eigenvalue weighted by Crippen LogP contribution is 2.30. The molecule has 1 aromatic heterocycles. The van der Waals surface area contributed by atoms with Gasteiger partial charge >= 0.3 is 0 Å². The van der Waals surface area contributed by atoms with Crippen molar-refractivity contribution in [3.8, 4) is 11.5 Å². The number of para-hydroxylation sites is 1. The first-order valence-corrected chi connectivity index (χ1v) is 13.7. The molecule has 1 aliphatic heterocycles. The van der Waals surface area contributed by atoms with E-state index in [-0.39, 0.29) is 30.0 Å². The van der Waals surface area contributed by atoms with Gasteiger partial charge in [-0.3, -0.25) is 9.59 Å².